The molecule has 1 aromatic rings. The molecule has 1 aliphatic rings. The van der Waals surface area contributed by atoms with Crippen molar-refractivity contribution in [1.29, 1.82) is 0 Å². The second kappa shape index (κ2) is 6.69. The minimum absolute atomic E-state index is 0.127. The number of sulfonamides is 1. The van der Waals surface area contributed by atoms with Gasteiger partial charge in [0.05, 0.1) is 0 Å². The second-order valence-electron chi connectivity index (χ2n) is 5.29. The molecule has 0 aromatic carbocycles. The number of hydrogen-bond acceptors (Lipinski definition) is 4. The first-order valence-corrected chi connectivity index (χ1v) is 8.75. The van der Waals surface area contributed by atoms with Gasteiger partial charge in [0, 0.05) is 19.3 Å². The highest BCUT2D eigenvalue weighted by Gasteiger charge is 2.19. The summed E-state index contributed by atoms with van der Waals surface area (Å²) in [5, 5.41) is 3.44. The van der Waals surface area contributed by atoms with Crippen LogP contribution in [0.3, 0.4) is 0 Å². The predicted octanol–water partition coefficient (Wildman–Crippen LogP) is 0.879. The molecule has 1 fully saturated rings. The summed E-state index contributed by atoms with van der Waals surface area (Å²) >= 11 is 0. The van der Waals surface area contributed by atoms with Gasteiger partial charge >= 0.3 is 0 Å². The topological polar surface area (TPSA) is 76.0 Å². The fourth-order valence-electron chi connectivity index (χ4n) is 2.57. The molecule has 20 heavy (non-hydrogen) atoms. The van der Waals surface area contributed by atoms with Crippen LogP contribution in [0.5, 0.6) is 0 Å². The van der Waals surface area contributed by atoms with Gasteiger partial charge in [-0.2, -0.15) is 0 Å². The van der Waals surface area contributed by atoms with Crippen molar-refractivity contribution in [1.82, 2.24) is 19.6 Å². The Morgan fingerprint density at radius 3 is 2.75 bits per heavy atom. The number of aryl methyl sites for hydroxylation is 2. The van der Waals surface area contributed by atoms with Crippen molar-refractivity contribution in [2.45, 2.75) is 44.7 Å². The Bertz CT molecular complexity index is 533. The van der Waals surface area contributed by atoms with E-state index in [4.69, 9.17) is 0 Å². The first-order chi connectivity index (χ1) is 9.53. The number of piperidine rings is 1. The van der Waals surface area contributed by atoms with E-state index in [1.165, 1.54) is 0 Å². The van der Waals surface area contributed by atoms with Crippen molar-refractivity contribution in [2.75, 3.05) is 19.6 Å². The summed E-state index contributed by atoms with van der Waals surface area (Å²) in [7, 11) is -3.47. The number of hydrogen-bond donors (Lipinski definition) is 2. The van der Waals surface area contributed by atoms with E-state index in [1.54, 1.807) is 6.20 Å². The third-order valence-electron chi connectivity index (χ3n) is 3.87. The molecule has 7 heteroatoms. The Morgan fingerprint density at radius 2 is 2.15 bits per heavy atom. The molecule has 2 rings (SSSR count). The van der Waals surface area contributed by atoms with E-state index in [2.05, 4.69) is 15.0 Å². The van der Waals surface area contributed by atoms with Crippen LogP contribution in [0, 0.1) is 12.8 Å². The summed E-state index contributed by atoms with van der Waals surface area (Å²) in [6, 6.07) is 0. The van der Waals surface area contributed by atoms with E-state index in [-0.39, 0.29) is 5.03 Å². The second-order valence-corrected chi connectivity index (χ2v) is 7.01. The Morgan fingerprint density at radius 1 is 1.45 bits per heavy atom. The number of nitrogens with one attached hydrogen (secondary N) is 2. The molecule has 0 radical (unpaired) electrons. The minimum atomic E-state index is -3.47. The minimum Gasteiger partial charge on any atom is -0.334 e. The summed E-state index contributed by atoms with van der Waals surface area (Å²) in [4.78, 5) is 4.12. The van der Waals surface area contributed by atoms with Crippen LogP contribution in [0.2, 0.25) is 0 Å². The lowest BCUT2D eigenvalue weighted by molar-refractivity contribution is 0.354. The molecular formula is C13H24N4O2S. The molecule has 0 amide bonds. The molecule has 0 aliphatic carbocycles. The van der Waals surface area contributed by atoms with E-state index in [9.17, 15) is 8.42 Å². The summed E-state index contributed by atoms with van der Waals surface area (Å²) in [5.74, 6) is 1.35. The molecule has 0 atom stereocenters. The van der Waals surface area contributed by atoms with Gasteiger partial charge in [-0.1, -0.05) is 0 Å². The van der Waals surface area contributed by atoms with Gasteiger partial charge in [-0.15, -0.1) is 0 Å². The first kappa shape index (κ1) is 15.5. The van der Waals surface area contributed by atoms with Crippen LogP contribution in [-0.2, 0) is 16.6 Å². The fraction of sp³-hybridized carbons (Fsp3) is 0.769. The highest BCUT2D eigenvalue weighted by atomic mass is 32.2. The summed E-state index contributed by atoms with van der Waals surface area (Å²) < 4.78 is 28.8. The van der Waals surface area contributed by atoms with Crippen LogP contribution in [0.1, 0.15) is 32.0 Å². The summed E-state index contributed by atoms with van der Waals surface area (Å²) in [5.41, 5.74) is 0. The SMILES string of the molecule is CCn1cc(S(=O)(=O)NCCC2CCNCC2)nc1C. The zero-order valence-electron chi connectivity index (χ0n) is 12.2. The third kappa shape index (κ3) is 3.80. The van der Waals surface area contributed by atoms with E-state index < -0.39 is 10.0 Å². The molecule has 2 heterocycles. The normalized spacial score (nSPS) is 17.5. The average molecular weight is 300 g/mol. The third-order valence-corrected chi connectivity index (χ3v) is 5.20. The van der Waals surface area contributed by atoms with Gasteiger partial charge in [0.15, 0.2) is 5.03 Å². The highest BCUT2D eigenvalue weighted by molar-refractivity contribution is 7.89. The van der Waals surface area contributed by atoms with Gasteiger partial charge < -0.3 is 9.88 Å². The van der Waals surface area contributed by atoms with Crippen LogP contribution in [0.15, 0.2) is 11.2 Å². The lowest BCUT2D eigenvalue weighted by Crippen LogP contribution is -2.31. The lowest BCUT2D eigenvalue weighted by Gasteiger charge is -2.22. The van der Waals surface area contributed by atoms with Crippen molar-refractivity contribution in [3.63, 3.8) is 0 Å². The van der Waals surface area contributed by atoms with Crippen molar-refractivity contribution in [2.24, 2.45) is 5.92 Å². The van der Waals surface area contributed by atoms with Gasteiger partial charge in [0.2, 0.25) is 0 Å². The first-order valence-electron chi connectivity index (χ1n) is 7.27. The molecule has 0 bridgehead atoms. The number of imidazole rings is 1. The maximum Gasteiger partial charge on any atom is 0.259 e. The maximum atomic E-state index is 12.2. The Balaban J connectivity index is 1.89. The Hall–Kier alpha value is -0.920. The van der Waals surface area contributed by atoms with E-state index in [1.807, 2.05) is 18.4 Å². The molecule has 1 aliphatic heterocycles. The van der Waals surface area contributed by atoms with Gasteiger partial charge in [-0.25, -0.2) is 18.1 Å². The molecule has 0 saturated carbocycles. The maximum absolute atomic E-state index is 12.2. The zero-order chi connectivity index (χ0) is 14.6. The van der Waals surface area contributed by atoms with E-state index in [0.29, 0.717) is 12.5 Å². The standard InChI is InChI=1S/C13H24N4O2S/c1-3-17-10-13(16-11(17)2)20(18,19)15-9-6-12-4-7-14-8-5-12/h10,12,14-15H,3-9H2,1-2H3. The van der Waals surface area contributed by atoms with Gasteiger partial charge in [0.25, 0.3) is 10.0 Å². The van der Waals surface area contributed by atoms with Crippen molar-refractivity contribution in [3.05, 3.63) is 12.0 Å². The van der Waals surface area contributed by atoms with Crippen molar-refractivity contribution < 1.29 is 8.42 Å². The smallest absolute Gasteiger partial charge is 0.259 e. The largest absolute Gasteiger partial charge is 0.334 e. The van der Waals surface area contributed by atoms with Crippen molar-refractivity contribution in [3.8, 4) is 0 Å². The van der Waals surface area contributed by atoms with Crippen molar-refractivity contribution >= 4 is 10.0 Å². The monoisotopic (exact) mass is 300 g/mol. The molecule has 1 aromatic heterocycles. The molecule has 0 unspecified atom stereocenters. The van der Waals surface area contributed by atoms with E-state index in [0.717, 1.165) is 44.7 Å². The molecular weight excluding hydrogens is 276 g/mol. The van der Waals surface area contributed by atoms with Crippen LogP contribution < -0.4 is 10.0 Å². The highest BCUT2D eigenvalue weighted by Crippen LogP contribution is 2.15. The molecule has 1 saturated heterocycles. The number of nitrogens with zero attached hydrogens (tertiary/aromatic N) is 2. The zero-order valence-corrected chi connectivity index (χ0v) is 13.0. The molecule has 114 valence electrons. The van der Waals surface area contributed by atoms with Gasteiger partial charge in [0.1, 0.15) is 5.82 Å². The Labute approximate surface area is 121 Å². The quantitative estimate of drug-likeness (QED) is 0.818. The number of aromatic nitrogens is 2. The fourth-order valence-corrected chi connectivity index (χ4v) is 3.62. The van der Waals surface area contributed by atoms with Crippen LogP contribution in [0.25, 0.3) is 0 Å². The van der Waals surface area contributed by atoms with Crippen LogP contribution in [0.4, 0.5) is 0 Å². The summed E-state index contributed by atoms with van der Waals surface area (Å²) in [6.07, 6.45) is 4.76. The van der Waals surface area contributed by atoms with Gasteiger partial charge in [-0.05, 0) is 52.1 Å². The molecule has 0 spiro atoms. The Kier molecular flexibility index (Phi) is 5.17. The van der Waals surface area contributed by atoms with Crippen LogP contribution in [-0.4, -0.2) is 37.6 Å². The molecule has 6 nitrogen and oxygen atoms in total. The lowest BCUT2D eigenvalue weighted by atomic mass is 9.95. The summed E-state index contributed by atoms with van der Waals surface area (Å²) in [6.45, 7) is 7.08. The molecule has 2 N–H and O–H groups in total. The number of rotatable bonds is 6. The predicted molar refractivity (Wildman–Crippen MR) is 78.0 cm³/mol. The average Bonchev–Trinajstić information content (AvgIpc) is 2.82. The van der Waals surface area contributed by atoms with E-state index >= 15 is 0 Å². The van der Waals surface area contributed by atoms with Crippen LogP contribution >= 0.6 is 0 Å². The van der Waals surface area contributed by atoms with Gasteiger partial charge in [-0.3, -0.25) is 0 Å².